The van der Waals surface area contributed by atoms with Gasteiger partial charge in [-0.25, -0.2) is 0 Å². The van der Waals surface area contributed by atoms with Crippen LogP contribution in [0.3, 0.4) is 0 Å². The largest absolute Gasteiger partial charge is 0.381 e. The van der Waals surface area contributed by atoms with Gasteiger partial charge in [0.25, 0.3) is 5.91 Å². The third-order valence-electron chi connectivity index (χ3n) is 3.46. The van der Waals surface area contributed by atoms with Crippen molar-refractivity contribution in [3.63, 3.8) is 0 Å². The van der Waals surface area contributed by atoms with Crippen LogP contribution in [0.5, 0.6) is 0 Å². The molecule has 0 bridgehead atoms. The molecule has 1 aromatic rings. The van der Waals surface area contributed by atoms with Crippen molar-refractivity contribution in [3.8, 4) is 0 Å². The van der Waals surface area contributed by atoms with Crippen LogP contribution in [-0.4, -0.2) is 35.6 Å². The predicted octanol–water partition coefficient (Wildman–Crippen LogP) is 2.17. The predicted molar refractivity (Wildman–Crippen MR) is 78.1 cm³/mol. The molecule has 0 fully saturated rings. The van der Waals surface area contributed by atoms with Crippen LogP contribution in [-0.2, 0) is 14.9 Å². The molecule has 1 unspecified atom stereocenters. The number of amides is 1. The molecule has 0 radical (unpaired) electrons. The van der Waals surface area contributed by atoms with E-state index in [9.17, 15) is 9.90 Å². The minimum absolute atomic E-state index is 0.0145. The number of halogens is 1. The molecule has 1 aromatic heterocycles. The summed E-state index contributed by atoms with van der Waals surface area (Å²) in [6, 6.07) is 1.63. The summed E-state index contributed by atoms with van der Waals surface area (Å²) in [5.41, 5.74) is 0.0149. The number of aliphatic hydroxyl groups is 1. The van der Waals surface area contributed by atoms with Crippen LogP contribution in [0.1, 0.15) is 33.5 Å². The lowest BCUT2D eigenvalue weighted by molar-refractivity contribution is -0.115. The maximum atomic E-state index is 12.0. The quantitative estimate of drug-likeness (QED) is 0.901. The number of aromatic nitrogens is 1. The molecule has 1 aliphatic rings. The molecule has 1 amide bonds. The van der Waals surface area contributed by atoms with Crippen molar-refractivity contribution >= 4 is 23.3 Å². The summed E-state index contributed by atoms with van der Waals surface area (Å²) < 4.78 is 10.7. The topological polar surface area (TPSA) is 75.8 Å². The molecule has 0 spiro atoms. The molecule has 2 heterocycles. The molecule has 0 saturated carbocycles. The molecule has 2 rings (SSSR count). The van der Waals surface area contributed by atoms with Gasteiger partial charge in [0.2, 0.25) is 0 Å². The Balaban J connectivity index is 2.24. The Hall–Kier alpha value is -1.37. The summed E-state index contributed by atoms with van der Waals surface area (Å²) in [6.07, 6.45) is -1.11. The minimum Gasteiger partial charge on any atom is -0.381 e. The van der Waals surface area contributed by atoms with Gasteiger partial charge in [-0.05, 0) is 13.8 Å². The molecule has 0 aromatic carbocycles. The summed E-state index contributed by atoms with van der Waals surface area (Å²) in [4.78, 5) is 13.1. The zero-order chi connectivity index (χ0) is 15.8. The van der Waals surface area contributed by atoms with E-state index >= 15 is 0 Å². The van der Waals surface area contributed by atoms with Gasteiger partial charge >= 0.3 is 0 Å². The van der Waals surface area contributed by atoms with E-state index in [1.807, 2.05) is 20.8 Å². The van der Waals surface area contributed by atoms with E-state index in [-0.39, 0.29) is 16.3 Å². The Morgan fingerprint density at radius 2 is 2.24 bits per heavy atom. The molecular weight excluding hydrogens is 296 g/mol. The van der Waals surface area contributed by atoms with E-state index in [1.165, 1.54) is 0 Å². The maximum Gasteiger partial charge on any atom is 0.273 e. The zero-order valence-electron chi connectivity index (χ0n) is 12.5. The molecule has 1 aliphatic heterocycles. The monoisotopic (exact) mass is 314 g/mol. The highest BCUT2D eigenvalue weighted by molar-refractivity contribution is 6.45. The van der Waals surface area contributed by atoms with Crippen molar-refractivity contribution in [2.24, 2.45) is 0 Å². The number of ether oxygens (including phenoxy) is 1. The molecule has 0 saturated heterocycles. The Morgan fingerprint density at radius 1 is 1.57 bits per heavy atom. The summed E-state index contributed by atoms with van der Waals surface area (Å²) in [5, 5.41) is 13.9. The first kappa shape index (κ1) is 16.0. The van der Waals surface area contributed by atoms with E-state index in [2.05, 4.69) is 5.16 Å². The van der Waals surface area contributed by atoms with Crippen LogP contribution in [0, 0.1) is 0 Å². The fraction of sp³-hybridized carbons (Fsp3) is 0.571. The number of rotatable bonds is 5. The van der Waals surface area contributed by atoms with Gasteiger partial charge in [0.05, 0.1) is 6.61 Å². The fourth-order valence-electron chi connectivity index (χ4n) is 2.05. The van der Waals surface area contributed by atoms with Gasteiger partial charge in [-0.1, -0.05) is 30.6 Å². The minimum atomic E-state index is -1.11. The molecule has 116 valence electrons. The summed E-state index contributed by atoms with van der Waals surface area (Å²) >= 11 is 5.87. The Labute approximate surface area is 128 Å². The molecule has 0 aliphatic carbocycles. The Morgan fingerprint density at radius 3 is 2.76 bits per heavy atom. The smallest absolute Gasteiger partial charge is 0.273 e. The first-order chi connectivity index (χ1) is 9.79. The SMILES string of the molecule is CCOCC(C)(C)c1cc(N2C(=O)C(Cl)=C(C)C2O)no1. The Kier molecular flexibility index (Phi) is 4.41. The van der Waals surface area contributed by atoms with Crippen molar-refractivity contribution in [1.29, 1.82) is 0 Å². The van der Waals surface area contributed by atoms with Gasteiger partial charge in [-0.2, -0.15) is 0 Å². The maximum absolute atomic E-state index is 12.0. The first-order valence-electron chi connectivity index (χ1n) is 6.72. The van der Waals surface area contributed by atoms with Crippen molar-refractivity contribution in [2.75, 3.05) is 18.1 Å². The van der Waals surface area contributed by atoms with Crippen LogP contribution in [0.25, 0.3) is 0 Å². The molecular formula is C14H19ClN2O4. The van der Waals surface area contributed by atoms with Gasteiger partial charge in [0, 0.05) is 23.7 Å². The summed E-state index contributed by atoms with van der Waals surface area (Å²) in [5.74, 6) is 0.331. The van der Waals surface area contributed by atoms with Gasteiger partial charge in [-0.15, -0.1) is 0 Å². The second kappa shape index (κ2) is 5.79. The van der Waals surface area contributed by atoms with E-state index < -0.39 is 12.1 Å². The van der Waals surface area contributed by atoms with E-state index in [4.69, 9.17) is 20.9 Å². The highest BCUT2D eigenvalue weighted by Gasteiger charge is 2.38. The van der Waals surface area contributed by atoms with Gasteiger partial charge < -0.3 is 14.4 Å². The molecule has 6 nitrogen and oxygen atoms in total. The standard InChI is InChI=1S/C14H19ClN2O4/c1-5-20-7-14(3,4)9-6-10(16-21-9)17-12(18)8(2)11(15)13(17)19/h6,12,18H,5,7H2,1-4H3. The number of aliphatic hydroxyl groups excluding tert-OH is 1. The van der Waals surface area contributed by atoms with E-state index in [0.717, 1.165) is 4.90 Å². The normalized spacial score (nSPS) is 19.8. The van der Waals surface area contributed by atoms with Gasteiger partial charge in [0.1, 0.15) is 10.8 Å². The highest BCUT2D eigenvalue weighted by Crippen LogP contribution is 2.33. The fourth-order valence-corrected chi connectivity index (χ4v) is 2.24. The number of carbonyl (C=O) groups is 1. The lowest BCUT2D eigenvalue weighted by atomic mass is 9.91. The lowest BCUT2D eigenvalue weighted by Gasteiger charge is -2.20. The average molecular weight is 315 g/mol. The van der Waals surface area contributed by atoms with Crippen LogP contribution in [0.2, 0.25) is 0 Å². The number of hydrogen-bond acceptors (Lipinski definition) is 5. The molecule has 1 atom stereocenters. The lowest BCUT2D eigenvalue weighted by Crippen LogP contribution is -2.35. The Bertz CT molecular complexity index is 579. The highest BCUT2D eigenvalue weighted by atomic mass is 35.5. The van der Waals surface area contributed by atoms with E-state index in [1.54, 1.807) is 13.0 Å². The third-order valence-corrected chi connectivity index (χ3v) is 3.92. The van der Waals surface area contributed by atoms with Crippen molar-refractivity contribution < 1.29 is 19.2 Å². The second-order valence-corrected chi connectivity index (χ2v) is 5.99. The first-order valence-corrected chi connectivity index (χ1v) is 7.10. The van der Waals surface area contributed by atoms with Crippen LogP contribution >= 0.6 is 11.6 Å². The van der Waals surface area contributed by atoms with Crippen molar-refractivity contribution in [2.45, 2.75) is 39.3 Å². The van der Waals surface area contributed by atoms with Crippen molar-refractivity contribution in [1.82, 2.24) is 5.16 Å². The van der Waals surface area contributed by atoms with Crippen molar-refractivity contribution in [3.05, 3.63) is 22.4 Å². The molecule has 21 heavy (non-hydrogen) atoms. The third kappa shape index (κ3) is 2.84. The number of nitrogens with zero attached hydrogens (tertiary/aromatic N) is 2. The number of hydrogen-bond donors (Lipinski definition) is 1. The number of anilines is 1. The van der Waals surface area contributed by atoms with Crippen LogP contribution < -0.4 is 4.90 Å². The molecule has 7 heteroatoms. The van der Waals surface area contributed by atoms with Crippen LogP contribution in [0.15, 0.2) is 21.2 Å². The zero-order valence-corrected chi connectivity index (χ0v) is 13.3. The van der Waals surface area contributed by atoms with Crippen LogP contribution in [0.4, 0.5) is 5.82 Å². The van der Waals surface area contributed by atoms with Gasteiger partial charge in [0.15, 0.2) is 12.0 Å². The second-order valence-electron chi connectivity index (χ2n) is 5.62. The summed E-state index contributed by atoms with van der Waals surface area (Å²) in [6.45, 7) is 8.49. The summed E-state index contributed by atoms with van der Waals surface area (Å²) in [7, 11) is 0. The van der Waals surface area contributed by atoms with Gasteiger partial charge in [-0.3, -0.25) is 9.69 Å². The average Bonchev–Trinajstić information content (AvgIpc) is 2.99. The number of carbonyl (C=O) groups excluding carboxylic acids is 1. The van der Waals surface area contributed by atoms with E-state index in [0.29, 0.717) is 24.5 Å². The molecule has 1 N–H and O–H groups in total.